The summed E-state index contributed by atoms with van der Waals surface area (Å²) in [7, 11) is 0. The van der Waals surface area contributed by atoms with Crippen molar-refractivity contribution in [2.75, 3.05) is 6.54 Å². The lowest BCUT2D eigenvalue weighted by Crippen LogP contribution is -2.42. The Morgan fingerprint density at radius 1 is 1.32 bits per heavy atom. The highest BCUT2D eigenvalue weighted by Gasteiger charge is 2.22. The molecule has 1 aliphatic heterocycles. The SMILES string of the molecule is CC1CCCCN1C(=O)Cc1ccccc1.CC=O. The van der Waals surface area contributed by atoms with E-state index in [2.05, 4.69) is 6.92 Å². The van der Waals surface area contributed by atoms with Gasteiger partial charge in [0.05, 0.1) is 6.42 Å². The predicted molar refractivity (Wildman–Crippen MR) is 76.9 cm³/mol. The number of piperidine rings is 1. The number of hydrogen-bond donors (Lipinski definition) is 0. The van der Waals surface area contributed by atoms with Crippen molar-refractivity contribution < 1.29 is 9.59 Å². The molecule has 1 aromatic rings. The number of carbonyl (C=O) groups is 2. The molecule has 0 spiro atoms. The van der Waals surface area contributed by atoms with E-state index in [-0.39, 0.29) is 5.91 Å². The molecular weight excluding hydrogens is 238 g/mol. The van der Waals surface area contributed by atoms with Gasteiger partial charge in [0.2, 0.25) is 5.91 Å². The van der Waals surface area contributed by atoms with Gasteiger partial charge < -0.3 is 9.69 Å². The zero-order chi connectivity index (χ0) is 14.1. The molecule has 3 nitrogen and oxygen atoms in total. The molecule has 104 valence electrons. The Balaban J connectivity index is 0.000000550. The van der Waals surface area contributed by atoms with Crippen LogP contribution in [0.25, 0.3) is 0 Å². The van der Waals surface area contributed by atoms with Crippen LogP contribution in [0.4, 0.5) is 0 Å². The summed E-state index contributed by atoms with van der Waals surface area (Å²) in [5.41, 5.74) is 1.12. The molecule has 1 aromatic carbocycles. The molecule has 0 bridgehead atoms. The van der Waals surface area contributed by atoms with E-state index in [1.807, 2.05) is 35.2 Å². The van der Waals surface area contributed by atoms with Gasteiger partial charge in [0.15, 0.2) is 0 Å². The van der Waals surface area contributed by atoms with Crippen LogP contribution in [0, 0.1) is 0 Å². The van der Waals surface area contributed by atoms with E-state index in [4.69, 9.17) is 4.79 Å². The standard InChI is InChI=1S/C14H19NO.C2H4O/c1-12-7-5-6-10-15(12)14(16)11-13-8-3-2-4-9-13;1-2-3/h2-4,8-9,12H,5-7,10-11H2,1H3;2H,1H3. The summed E-state index contributed by atoms with van der Waals surface area (Å²) in [6.07, 6.45) is 4.87. The Bertz CT molecular complexity index is 389. The van der Waals surface area contributed by atoms with E-state index in [9.17, 15) is 4.79 Å². The summed E-state index contributed by atoms with van der Waals surface area (Å²) in [5.74, 6) is 0.276. The number of amides is 1. The zero-order valence-corrected chi connectivity index (χ0v) is 11.8. The molecule has 0 aromatic heterocycles. The van der Waals surface area contributed by atoms with Crippen molar-refractivity contribution in [2.24, 2.45) is 0 Å². The average Bonchev–Trinajstić information content (AvgIpc) is 2.41. The number of likely N-dealkylation sites (tertiary alicyclic amines) is 1. The molecular formula is C16H23NO2. The monoisotopic (exact) mass is 261 g/mol. The average molecular weight is 261 g/mol. The Labute approximate surface area is 115 Å². The third-order valence-electron chi connectivity index (χ3n) is 3.32. The molecule has 19 heavy (non-hydrogen) atoms. The lowest BCUT2D eigenvalue weighted by atomic mass is 10.0. The summed E-state index contributed by atoms with van der Waals surface area (Å²) >= 11 is 0. The first-order chi connectivity index (χ1) is 9.19. The third kappa shape index (κ3) is 5.25. The summed E-state index contributed by atoms with van der Waals surface area (Å²) in [5, 5.41) is 0. The Morgan fingerprint density at radius 3 is 2.53 bits per heavy atom. The lowest BCUT2D eigenvalue weighted by molar-refractivity contribution is -0.133. The van der Waals surface area contributed by atoms with E-state index >= 15 is 0 Å². The molecule has 1 saturated heterocycles. The van der Waals surface area contributed by atoms with Crippen LogP contribution >= 0.6 is 0 Å². The highest BCUT2D eigenvalue weighted by Crippen LogP contribution is 2.17. The van der Waals surface area contributed by atoms with Crippen LogP contribution in [0.3, 0.4) is 0 Å². The van der Waals surface area contributed by atoms with E-state index in [1.54, 1.807) is 0 Å². The summed E-state index contributed by atoms with van der Waals surface area (Å²) in [4.78, 5) is 22.9. The summed E-state index contributed by atoms with van der Waals surface area (Å²) in [6, 6.07) is 10.4. The maximum absolute atomic E-state index is 12.1. The fraction of sp³-hybridized carbons (Fsp3) is 0.500. The van der Waals surface area contributed by atoms with Crippen LogP contribution in [-0.4, -0.2) is 29.7 Å². The second-order valence-electron chi connectivity index (χ2n) is 4.83. The minimum atomic E-state index is 0.276. The van der Waals surface area contributed by atoms with Gasteiger partial charge >= 0.3 is 0 Å². The van der Waals surface area contributed by atoms with Crippen molar-refractivity contribution in [3.8, 4) is 0 Å². The number of nitrogens with zero attached hydrogens (tertiary/aromatic N) is 1. The molecule has 1 heterocycles. The van der Waals surface area contributed by atoms with Gasteiger partial charge in [0.25, 0.3) is 0 Å². The minimum Gasteiger partial charge on any atom is -0.340 e. The van der Waals surface area contributed by atoms with Crippen molar-refractivity contribution in [1.82, 2.24) is 4.90 Å². The number of aldehydes is 1. The highest BCUT2D eigenvalue weighted by atomic mass is 16.2. The Morgan fingerprint density at radius 2 is 1.95 bits per heavy atom. The first kappa shape index (κ1) is 15.4. The second-order valence-corrected chi connectivity index (χ2v) is 4.83. The van der Waals surface area contributed by atoms with E-state index < -0.39 is 0 Å². The van der Waals surface area contributed by atoms with Crippen LogP contribution in [-0.2, 0) is 16.0 Å². The fourth-order valence-electron chi connectivity index (χ4n) is 2.34. The molecule has 3 heteroatoms. The van der Waals surface area contributed by atoms with Crippen molar-refractivity contribution in [3.05, 3.63) is 35.9 Å². The van der Waals surface area contributed by atoms with Gasteiger partial charge in [0.1, 0.15) is 6.29 Å². The molecule has 1 atom stereocenters. The van der Waals surface area contributed by atoms with Crippen molar-refractivity contribution in [3.63, 3.8) is 0 Å². The van der Waals surface area contributed by atoms with Crippen LogP contribution < -0.4 is 0 Å². The van der Waals surface area contributed by atoms with E-state index in [0.29, 0.717) is 12.5 Å². The van der Waals surface area contributed by atoms with Gasteiger partial charge in [0, 0.05) is 12.6 Å². The lowest BCUT2D eigenvalue weighted by Gasteiger charge is -2.33. The minimum absolute atomic E-state index is 0.276. The zero-order valence-electron chi connectivity index (χ0n) is 11.8. The Hall–Kier alpha value is -1.64. The molecule has 0 aliphatic carbocycles. The van der Waals surface area contributed by atoms with Crippen molar-refractivity contribution in [2.45, 2.75) is 45.6 Å². The van der Waals surface area contributed by atoms with Crippen molar-refractivity contribution >= 4 is 12.2 Å². The number of hydrogen-bond acceptors (Lipinski definition) is 2. The van der Waals surface area contributed by atoms with Crippen molar-refractivity contribution in [1.29, 1.82) is 0 Å². The molecule has 1 amide bonds. The molecule has 1 aliphatic rings. The molecule has 2 rings (SSSR count). The van der Waals surface area contributed by atoms with Crippen LogP contribution in [0.15, 0.2) is 30.3 Å². The first-order valence-electron chi connectivity index (χ1n) is 6.92. The third-order valence-corrected chi connectivity index (χ3v) is 3.32. The van der Waals surface area contributed by atoms with Gasteiger partial charge in [-0.3, -0.25) is 4.79 Å². The number of rotatable bonds is 2. The van der Waals surface area contributed by atoms with Gasteiger partial charge in [-0.15, -0.1) is 0 Å². The number of carbonyl (C=O) groups excluding carboxylic acids is 2. The quantitative estimate of drug-likeness (QED) is 0.768. The highest BCUT2D eigenvalue weighted by molar-refractivity contribution is 5.79. The normalized spacial score (nSPS) is 18.2. The van der Waals surface area contributed by atoms with E-state index in [1.165, 1.54) is 13.3 Å². The second kappa shape index (κ2) is 8.46. The molecule has 1 fully saturated rings. The van der Waals surface area contributed by atoms with Gasteiger partial charge in [-0.2, -0.15) is 0 Å². The van der Waals surface area contributed by atoms with Gasteiger partial charge in [-0.1, -0.05) is 30.3 Å². The van der Waals surface area contributed by atoms with Gasteiger partial charge in [-0.05, 0) is 38.7 Å². The maximum atomic E-state index is 12.1. The summed E-state index contributed by atoms with van der Waals surface area (Å²) < 4.78 is 0. The number of benzene rings is 1. The maximum Gasteiger partial charge on any atom is 0.227 e. The van der Waals surface area contributed by atoms with Crippen LogP contribution in [0.1, 0.15) is 38.7 Å². The largest absolute Gasteiger partial charge is 0.340 e. The van der Waals surface area contributed by atoms with Crippen LogP contribution in [0.2, 0.25) is 0 Å². The predicted octanol–water partition coefficient (Wildman–Crippen LogP) is 2.84. The molecule has 0 radical (unpaired) electrons. The van der Waals surface area contributed by atoms with Crippen LogP contribution in [0.5, 0.6) is 0 Å². The smallest absolute Gasteiger partial charge is 0.227 e. The molecule has 1 unspecified atom stereocenters. The molecule has 0 N–H and O–H groups in total. The van der Waals surface area contributed by atoms with Gasteiger partial charge in [-0.25, -0.2) is 0 Å². The van der Waals surface area contributed by atoms with E-state index in [0.717, 1.165) is 31.2 Å². The fourth-order valence-corrected chi connectivity index (χ4v) is 2.34. The molecule has 0 saturated carbocycles. The summed E-state index contributed by atoms with van der Waals surface area (Å²) in [6.45, 7) is 4.54. The first-order valence-corrected chi connectivity index (χ1v) is 6.92. The Kier molecular flexibility index (Phi) is 6.86. The topological polar surface area (TPSA) is 37.4 Å².